The molecule has 0 radical (unpaired) electrons. The van der Waals surface area contributed by atoms with Gasteiger partial charge in [-0.1, -0.05) is 11.6 Å². The van der Waals surface area contributed by atoms with Crippen molar-refractivity contribution in [1.29, 1.82) is 0 Å². The number of pyridine rings is 1. The van der Waals surface area contributed by atoms with Crippen LogP contribution in [0.2, 0.25) is 5.02 Å². The lowest BCUT2D eigenvalue weighted by molar-refractivity contribution is 0.149. The lowest BCUT2D eigenvalue weighted by atomic mass is 10.3. The maximum Gasteiger partial charge on any atom is 0.270 e. The van der Waals surface area contributed by atoms with Crippen molar-refractivity contribution >= 4 is 11.6 Å². The van der Waals surface area contributed by atoms with Crippen LogP contribution in [0.3, 0.4) is 0 Å². The van der Waals surface area contributed by atoms with E-state index in [1.807, 2.05) is 0 Å². The number of halogens is 4. The number of rotatable bonds is 1. The monoisotopic (exact) mass is 197 g/mol. The number of aromatic amines is 1. The molecule has 0 saturated carbocycles. The normalized spacial score (nSPS) is 10.8. The van der Waals surface area contributed by atoms with Crippen LogP contribution < -0.4 is 5.56 Å². The number of nitrogens with one attached hydrogen (secondary N) is 1. The van der Waals surface area contributed by atoms with Crippen molar-refractivity contribution in [3.8, 4) is 0 Å². The zero-order chi connectivity index (χ0) is 9.30. The van der Waals surface area contributed by atoms with Gasteiger partial charge in [0.05, 0.1) is 5.02 Å². The van der Waals surface area contributed by atoms with Crippen LogP contribution in [0, 0.1) is 5.95 Å². The van der Waals surface area contributed by atoms with Gasteiger partial charge in [0, 0.05) is 6.07 Å². The summed E-state index contributed by atoms with van der Waals surface area (Å²) in [6.07, 6.45) is -3.00. The van der Waals surface area contributed by atoms with E-state index in [2.05, 4.69) is 0 Å². The molecule has 1 N–H and O–H groups in total. The second-order valence-electron chi connectivity index (χ2n) is 2.01. The van der Waals surface area contributed by atoms with E-state index in [1.54, 1.807) is 4.98 Å². The average molecular weight is 198 g/mol. The van der Waals surface area contributed by atoms with Gasteiger partial charge in [0.1, 0.15) is 5.56 Å². The van der Waals surface area contributed by atoms with Crippen molar-refractivity contribution < 1.29 is 13.2 Å². The molecule has 1 rings (SSSR count). The van der Waals surface area contributed by atoms with Crippen molar-refractivity contribution in [2.45, 2.75) is 6.43 Å². The predicted octanol–water partition coefficient (Wildman–Crippen LogP) is 2.10. The van der Waals surface area contributed by atoms with E-state index in [0.717, 1.165) is 0 Å². The predicted molar refractivity (Wildman–Crippen MR) is 37.0 cm³/mol. The van der Waals surface area contributed by atoms with Gasteiger partial charge >= 0.3 is 0 Å². The van der Waals surface area contributed by atoms with E-state index in [1.165, 1.54) is 0 Å². The molecule has 0 unspecified atom stereocenters. The summed E-state index contributed by atoms with van der Waals surface area (Å²) in [5.74, 6) is -1.03. The molecule has 0 aliphatic heterocycles. The van der Waals surface area contributed by atoms with Crippen LogP contribution in [0.25, 0.3) is 0 Å². The van der Waals surface area contributed by atoms with Crippen molar-refractivity contribution in [3.63, 3.8) is 0 Å². The quantitative estimate of drug-likeness (QED) is 0.687. The molecule has 2 nitrogen and oxygen atoms in total. The Bertz CT molecular complexity index is 349. The number of aromatic nitrogens is 1. The fourth-order valence-corrected chi connectivity index (χ4v) is 0.977. The first-order valence-electron chi connectivity index (χ1n) is 2.88. The minimum absolute atomic E-state index is 0.564. The summed E-state index contributed by atoms with van der Waals surface area (Å²) in [7, 11) is 0. The molecule has 0 bridgehead atoms. The topological polar surface area (TPSA) is 32.9 Å². The number of hydrogen-bond acceptors (Lipinski definition) is 1. The lowest BCUT2D eigenvalue weighted by Gasteiger charge is -2.00. The van der Waals surface area contributed by atoms with Gasteiger partial charge in [-0.05, 0) is 0 Å². The summed E-state index contributed by atoms with van der Waals surface area (Å²) in [5.41, 5.74) is -2.10. The maximum atomic E-state index is 12.3. The zero-order valence-corrected chi connectivity index (χ0v) is 6.33. The first-order valence-corrected chi connectivity index (χ1v) is 3.26. The van der Waals surface area contributed by atoms with E-state index < -0.39 is 28.5 Å². The Kier molecular flexibility index (Phi) is 2.42. The maximum absolute atomic E-state index is 12.3. The largest absolute Gasteiger partial charge is 0.298 e. The molecule has 0 fully saturated rings. The van der Waals surface area contributed by atoms with Crippen LogP contribution in [0.1, 0.15) is 12.0 Å². The Hall–Kier alpha value is -0.970. The Balaban J connectivity index is 3.39. The molecule has 6 heteroatoms. The van der Waals surface area contributed by atoms with Gasteiger partial charge in [-0.2, -0.15) is 4.39 Å². The second-order valence-corrected chi connectivity index (χ2v) is 2.42. The Morgan fingerprint density at radius 2 is 2.08 bits per heavy atom. The lowest BCUT2D eigenvalue weighted by Crippen LogP contribution is -2.14. The molecule has 0 aliphatic carbocycles. The van der Waals surface area contributed by atoms with Crippen LogP contribution >= 0.6 is 11.6 Å². The molecule has 1 aromatic heterocycles. The highest BCUT2D eigenvalue weighted by molar-refractivity contribution is 6.31. The van der Waals surface area contributed by atoms with Crippen LogP contribution in [0.15, 0.2) is 10.9 Å². The highest BCUT2D eigenvalue weighted by Gasteiger charge is 2.17. The minimum Gasteiger partial charge on any atom is -0.298 e. The molecule has 66 valence electrons. The summed E-state index contributed by atoms with van der Waals surface area (Å²) in [5, 5.41) is -0.564. The van der Waals surface area contributed by atoms with Gasteiger partial charge in [0.15, 0.2) is 5.95 Å². The molecular formula is C6H3ClF3NO. The summed E-state index contributed by atoms with van der Waals surface area (Å²) < 4.78 is 36.3. The third kappa shape index (κ3) is 1.61. The van der Waals surface area contributed by atoms with Crippen LogP contribution in [-0.2, 0) is 0 Å². The summed E-state index contributed by atoms with van der Waals surface area (Å²) >= 11 is 5.19. The SMILES string of the molecule is O=c1[nH]c(F)cc(Cl)c1C(F)F. The fraction of sp³-hybridized carbons (Fsp3) is 0.167. The third-order valence-electron chi connectivity index (χ3n) is 1.21. The molecule has 0 aromatic carbocycles. The molecule has 0 spiro atoms. The number of H-pyrrole nitrogens is 1. The highest BCUT2D eigenvalue weighted by atomic mass is 35.5. The van der Waals surface area contributed by atoms with Gasteiger partial charge in [-0.25, -0.2) is 8.78 Å². The van der Waals surface area contributed by atoms with Gasteiger partial charge in [0.25, 0.3) is 12.0 Å². The Morgan fingerprint density at radius 1 is 1.50 bits per heavy atom. The van der Waals surface area contributed by atoms with Gasteiger partial charge < -0.3 is 0 Å². The minimum atomic E-state index is -3.00. The average Bonchev–Trinajstić information content (AvgIpc) is 1.82. The van der Waals surface area contributed by atoms with Crippen LogP contribution in [0.4, 0.5) is 13.2 Å². The molecule has 0 aliphatic rings. The molecule has 0 atom stereocenters. The number of hydrogen-bond donors (Lipinski definition) is 1. The van der Waals surface area contributed by atoms with Gasteiger partial charge in [-0.15, -0.1) is 0 Å². The molecule has 1 aromatic rings. The molecule has 1 heterocycles. The zero-order valence-electron chi connectivity index (χ0n) is 5.57. The Morgan fingerprint density at radius 3 is 2.50 bits per heavy atom. The van der Waals surface area contributed by atoms with Gasteiger partial charge in [-0.3, -0.25) is 9.78 Å². The second kappa shape index (κ2) is 3.18. The standard InChI is InChI=1S/C6H3ClF3NO/c7-2-1-3(8)11-6(12)4(2)5(9)10/h1,5H,(H,11,12). The van der Waals surface area contributed by atoms with Crippen molar-refractivity contribution in [3.05, 3.63) is 33.0 Å². The number of alkyl halides is 2. The van der Waals surface area contributed by atoms with Crippen LogP contribution in [0.5, 0.6) is 0 Å². The van der Waals surface area contributed by atoms with Crippen molar-refractivity contribution in [2.75, 3.05) is 0 Å². The summed E-state index contributed by atoms with van der Waals surface area (Å²) in [6, 6.07) is 0.629. The molecule has 0 amide bonds. The van der Waals surface area contributed by atoms with Gasteiger partial charge in [0.2, 0.25) is 0 Å². The summed E-state index contributed by atoms with van der Waals surface area (Å²) in [6.45, 7) is 0. The van der Waals surface area contributed by atoms with Crippen molar-refractivity contribution in [2.24, 2.45) is 0 Å². The van der Waals surface area contributed by atoms with E-state index in [0.29, 0.717) is 6.07 Å². The van der Waals surface area contributed by atoms with E-state index in [-0.39, 0.29) is 0 Å². The van der Waals surface area contributed by atoms with Crippen LogP contribution in [-0.4, -0.2) is 4.98 Å². The highest BCUT2D eigenvalue weighted by Crippen LogP contribution is 2.22. The third-order valence-corrected chi connectivity index (χ3v) is 1.52. The Labute approximate surface area is 70.0 Å². The van der Waals surface area contributed by atoms with E-state index in [4.69, 9.17) is 11.6 Å². The first kappa shape index (κ1) is 9.12. The fourth-order valence-electron chi connectivity index (χ4n) is 0.713. The molecule has 0 saturated heterocycles. The molecular weight excluding hydrogens is 195 g/mol. The smallest absolute Gasteiger partial charge is 0.270 e. The first-order chi connectivity index (χ1) is 5.52. The van der Waals surface area contributed by atoms with Crippen molar-refractivity contribution in [1.82, 2.24) is 4.98 Å². The van der Waals surface area contributed by atoms with E-state index >= 15 is 0 Å². The summed E-state index contributed by atoms with van der Waals surface area (Å²) in [4.78, 5) is 12.2. The molecule has 12 heavy (non-hydrogen) atoms. The van der Waals surface area contributed by atoms with E-state index in [9.17, 15) is 18.0 Å².